The lowest BCUT2D eigenvalue weighted by Gasteiger charge is -2.11. The van der Waals surface area contributed by atoms with Crippen LogP contribution >= 0.6 is 0 Å². The van der Waals surface area contributed by atoms with Crippen molar-refractivity contribution in [2.75, 3.05) is 25.0 Å². The molecule has 1 saturated heterocycles. The lowest BCUT2D eigenvalue weighted by Crippen LogP contribution is -2.20. The quantitative estimate of drug-likeness (QED) is 0.833. The van der Waals surface area contributed by atoms with E-state index in [2.05, 4.69) is 5.32 Å². The fourth-order valence-corrected chi connectivity index (χ4v) is 2.91. The van der Waals surface area contributed by atoms with Crippen molar-refractivity contribution in [1.82, 2.24) is 5.32 Å². The Balaban J connectivity index is 1.77. The van der Waals surface area contributed by atoms with E-state index in [0.717, 1.165) is 36.3 Å². The summed E-state index contributed by atoms with van der Waals surface area (Å²) in [5.74, 6) is 0.753. The highest BCUT2D eigenvalue weighted by molar-refractivity contribution is 6.03. The zero-order valence-corrected chi connectivity index (χ0v) is 11.1. The highest BCUT2D eigenvalue weighted by Gasteiger charge is 2.25. The predicted octanol–water partition coefficient (Wildman–Crippen LogP) is 1.39. The number of amides is 1. The van der Waals surface area contributed by atoms with E-state index in [1.54, 1.807) is 11.9 Å². The third-order valence-electron chi connectivity index (χ3n) is 4.12. The maximum Gasteiger partial charge on any atom is 0.231 e. The van der Waals surface area contributed by atoms with Gasteiger partial charge >= 0.3 is 0 Å². The number of hydrogen-bond acceptors (Lipinski definition) is 3. The third kappa shape index (κ3) is 2.28. The van der Waals surface area contributed by atoms with E-state index < -0.39 is 0 Å². The van der Waals surface area contributed by atoms with Gasteiger partial charge in [-0.2, -0.15) is 0 Å². The molecule has 0 saturated carbocycles. The predicted molar refractivity (Wildman–Crippen MR) is 73.5 cm³/mol. The maximum atomic E-state index is 12.2. The van der Waals surface area contributed by atoms with Crippen LogP contribution in [0.15, 0.2) is 18.2 Å². The van der Waals surface area contributed by atoms with E-state index >= 15 is 0 Å². The highest BCUT2D eigenvalue weighted by Crippen LogP contribution is 2.29. The van der Waals surface area contributed by atoms with Gasteiger partial charge < -0.3 is 10.2 Å². The van der Waals surface area contributed by atoms with Crippen LogP contribution in [-0.4, -0.2) is 31.8 Å². The Labute approximate surface area is 112 Å². The molecule has 4 heteroatoms. The zero-order chi connectivity index (χ0) is 13.4. The number of nitrogens with one attached hydrogen (secondary N) is 1. The van der Waals surface area contributed by atoms with Crippen LogP contribution in [0, 0.1) is 5.92 Å². The zero-order valence-electron chi connectivity index (χ0n) is 11.1. The fourth-order valence-electron chi connectivity index (χ4n) is 2.91. The average molecular weight is 258 g/mol. The summed E-state index contributed by atoms with van der Waals surface area (Å²) in [5, 5.41) is 3.28. The number of carbonyl (C=O) groups is 2. The van der Waals surface area contributed by atoms with Crippen LogP contribution < -0.4 is 10.2 Å². The van der Waals surface area contributed by atoms with Gasteiger partial charge in [0.15, 0.2) is 5.78 Å². The van der Waals surface area contributed by atoms with Gasteiger partial charge in [0, 0.05) is 24.7 Å². The molecule has 1 aromatic carbocycles. The van der Waals surface area contributed by atoms with Crippen molar-refractivity contribution >= 4 is 17.4 Å². The van der Waals surface area contributed by atoms with Gasteiger partial charge in [0.2, 0.25) is 5.91 Å². The number of carbonyl (C=O) groups excluding carboxylic acids is 2. The summed E-state index contributed by atoms with van der Waals surface area (Å²) in [4.78, 5) is 25.5. The molecule has 0 spiro atoms. The third-order valence-corrected chi connectivity index (χ3v) is 4.12. The van der Waals surface area contributed by atoms with E-state index in [1.165, 1.54) is 0 Å². The molecule has 0 radical (unpaired) electrons. The van der Waals surface area contributed by atoms with Crippen molar-refractivity contribution in [2.45, 2.75) is 19.3 Å². The Morgan fingerprint density at radius 3 is 3.05 bits per heavy atom. The van der Waals surface area contributed by atoms with Gasteiger partial charge in [-0.1, -0.05) is 0 Å². The first-order valence-corrected chi connectivity index (χ1v) is 6.78. The van der Waals surface area contributed by atoms with Gasteiger partial charge in [-0.3, -0.25) is 9.59 Å². The number of nitrogens with zero attached hydrogens (tertiary/aromatic N) is 1. The van der Waals surface area contributed by atoms with E-state index in [9.17, 15) is 9.59 Å². The molecule has 100 valence electrons. The molecule has 0 bridgehead atoms. The molecule has 0 aliphatic carbocycles. The smallest absolute Gasteiger partial charge is 0.231 e. The maximum absolute atomic E-state index is 12.2. The van der Waals surface area contributed by atoms with Crippen LogP contribution in [0.25, 0.3) is 0 Å². The normalized spacial score (nSPS) is 21.8. The Bertz CT molecular complexity index is 533. The number of ketones is 1. The molecule has 1 unspecified atom stereocenters. The summed E-state index contributed by atoms with van der Waals surface area (Å²) < 4.78 is 0. The molecule has 1 aromatic rings. The summed E-state index contributed by atoms with van der Waals surface area (Å²) in [7, 11) is 1.78. The van der Waals surface area contributed by atoms with Crippen molar-refractivity contribution in [1.29, 1.82) is 0 Å². The molecule has 2 heterocycles. The number of Topliss-reactive ketones (excluding diaryl/α,β-unsaturated/α-hetero) is 1. The van der Waals surface area contributed by atoms with Gasteiger partial charge in [0.05, 0.1) is 6.42 Å². The lowest BCUT2D eigenvalue weighted by molar-refractivity contribution is -0.117. The van der Waals surface area contributed by atoms with Crippen LogP contribution in [0.4, 0.5) is 5.69 Å². The number of fused-ring (bicyclic) bond motifs is 1. The summed E-state index contributed by atoms with van der Waals surface area (Å²) in [5.41, 5.74) is 2.65. The molecule has 1 N–H and O–H groups in total. The van der Waals surface area contributed by atoms with Crippen LogP contribution in [0.3, 0.4) is 0 Å². The Morgan fingerprint density at radius 1 is 1.47 bits per heavy atom. The van der Waals surface area contributed by atoms with Crippen molar-refractivity contribution in [2.24, 2.45) is 5.92 Å². The number of benzene rings is 1. The van der Waals surface area contributed by atoms with Gasteiger partial charge in [-0.15, -0.1) is 0 Å². The minimum atomic E-state index is 0.0968. The number of rotatable bonds is 3. The summed E-state index contributed by atoms with van der Waals surface area (Å²) in [6.07, 6.45) is 2.10. The second-order valence-corrected chi connectivity index (χ2v) is 5.46. The molecule has 3 rings (SSSR count). The molecule has 19 heavy (non-hydrogen) atoms. The van der Waals surface area contributed by atoms with Gasteiger partial charge in [-0.25, -0.2) is 0 Å². The highest BCUT2D eigenvalue weighted by atomic mass is 16.2. The van der Waals surface area contributed by atoms with Crippen molar-refractivity contribution in [3.63, 3.8) is 0 Å². The SMILES string of the molecule is CN1C(=O)Cc2cc(C(=O)CC3CCNC3)ccc21. The van der Waals surface area contributed by atoms with Crippen molar-refractivity contribution < 1.29 is 9.59 Å². The molecular formula is C15H18N2O2. The van der Waals surface area contributed by atoms with E-state index in [0.29, 0.717) is 18.8 Å². The van der Waals surface area contributed by atoms with Crippen molar-refractivity contribution in [3.05, 3.63) is 29.3 Å². The van der Waals surface area contributed by atoms with Crippen molar-refractivity contribution in [3.8, 4) is 0 Å². The number of hydrogen-bond donors (Lipinski definition) is 1. The molecule has 4 nitrogen and oxygen atoms in total. The first-order valence-electron chi connectivity index (χ1n) is 6.78. The van der Waals surface area contributed by atoms with Crippen LogP contribution in [0.2, 0.25) is 0 Å². The molecular weight excluding hydrogens is 240 g/mol. The monoisotopic (exact) mass is 258 g/mol. The summed E-state index contributed by atoms with van der Waals surface area (Å²) >= 11 is 0. The largest absolute Gasteiger partial charge is 0.316 e. The Kier molecular flexibility index (Phi) is 3.11. The van der Waals surface area contributed by atoms with Gasteiger partial charge in [-0.05, 0) is 49.2 Å². The van der Waals surface area contributed by atoms with Crippen LogP contribution in [0.1, 0.15) is 28.8 Å². The molecule has 2 aliphatic rings. The number of anilines is 1. The first-order chi connectivity index (χ1) is 9.15. The Hall–Kier alpha value is -1.68. The molecule has 1 fully saturated rings. The minimum Gasteiger partial charge on any atom is -0.316 e. The van der Waals surface area contributed by atoms with E-state index in [-0.39, 0.29) is 11.7 Å². The summed E-state index contributed by atoms with van der Waals surface area (Å²) in [6, 6.07) is 5.63. The topological polar surface area (TPSA) is 49.4 Å². The average Bonchev–Trinajstić information content (AvgIpc) is 2.99. The van der Waals surface area contributed by atoms with Gasteiger partial charge in [0.1, 0.15) is 0 Å². The van der Waals surface area contributed by atoms with Gasteiger partial charge in [0.25, 0.3) is 0 Å². The van der Waals surface area contributed by atoms with Crippen LogP contribution in [0.5, 0.6) is 0 Å². The number of likely N-dealkylation sites (N-methyl/N-ethyl adjacent to an activating group) is 1. The van der Waals surface area contributed by atoms with E-state index in [1.807, 2.05) is 18.2 Å². The molecule has 2 aliphatic heterocycles. The lowest BCUT2D eigenvalue weighted by atomic mass is 9.96. The summed E-state index contributed by atoms with van der Waals surface area (Å²) in [6.45, 7) is 1.96. The molecule has 1 amide bonds. The minimum absolute atomic E-state index is 0.0968. The van der Waals surface area contributed by atoms with E-state index in [4.69, 9.17) is 0 Å². The molecule has 1 atom stereocenters. The Morgan fingerprint density at radius 2 is 2.32 bits per heavy atom. The van der Waals surface area contributed by atoms with Crippen LogP contribution in [-0.2, 0) is 11.2 Å². The second-order valence-electron chi connectivity index (χ2n) is 5.46. The molecule has 0 aromatic heterocycles. The fraction of sp³-hybridized carbons (Fsp3) is 0.467. The standard InChI is InChI=1S/C15H18N2O2/c1-17-13-3-2-11(7-12(13)8-15(17)19)14(18)6-10-4-5-16-9-10/h2-3,7,10,16H,4-6,8-9H2,1H3. The first kappa shape index (κ1) is 12.4. The second kappa shape index (κ2) is 4.78.